The van der Waals surface area contributed by atoms with E-state index in [9.17, 15) is 5.11 Å². The molecule has 0 bridgehead atoms. The summed E-state index contributed by atoms with van der Waals surface area (Å²) in [5, 5.41) is 11.2. The Morgan fingerprint density at radius 3 is 1.84 bits per heavy atom. The molecule has 1 atom stereocenters. The predicted octanol–water partition coefficient (Wildman–Crippen LogP) is 2.92. The third-order valence-electron chi connectivity index (χ3n) is 4.03. The average Bonchev–Trinajstić information content (AvgIpc) is 2.70. The van der Waals surface area contributed by atoms with Crippen molar-refractivity contribution in [3.05, 3.63) is 59.7 Å². The minimum absolute atomic E-state index is 0. The molecule has 0 aromatic heterocycles. The molecule has 1 aliphatic rings. The van der Waals surface area contributed by atoms with Crippen molar-refractivity contribution in [2.75, 3.05) is 6.54 Å². The summed E-state index contributed by atoms with van der Waals surface area (Å²) >= 11 is 0. The fraction of sp³-hybridized carbons (Fsp3) is 0.250. The number of benzene rings is 2. The molecule has 0 spiro atoms. The summed E-state index contributed by atoms with van der Waals surface area (Å²) in [6.07, 6.45) is 0. The Labute approximate surface area is 119 Å². The van der Waals surface area contributed by atoms with Crippen LogP contribution in [0.3, 0.4) is 0 Å². The number of hydrogen-bond donors (Lipinski definition) is 2. The van der Waals surface area contributed by atoms with Gasteiger partial charge in [0.05, 0.1) is 0 Å². The average molecular weight is 276 g/mol. The highest BCUT2D eigenvalue weighted by Gasteiger charge is 2.44. The summed E-state index contributed by atoms with van der Waals surface area (Å²) in [5.41, 5.74) is 9.03. The van der Waals surface area contributed by atoms with Gasteiger partial charge in [0, 0.05) is 5.92 Å². The van der Waals surface area contributed by atoms with Crippen molar-refractivity contribution in [1.82, 2.24) is 0 Å². The maximum absolute atomic E-state index is 11.2. The van der Waals surface area contributed by atoms with Crippen molar-refractivity contribution in [1.29, 1.82) is 0 Å². The molecule has 0 radical (unpaired) electrons. The van der Waals surface area contributed by atoms with E-state index in [2.05, 4.69) is 12.1 Å². The van der Waals surface area contributed by atoms with E-state index in [4.69, 9.17) is 5.73 Å². The van der Waals surface area contributed by atoms with Crippen LogP contribution in [0.2, 0.25) is 0 Å². The molecular formula is C16H18ClNO. The highest BCUT2D eigenvalue weighted by atomic mass is 35.5. The molecule has 100 valence electrons. The van der Waals surface area contributed by atoms with Gasteiger partial charge in [-0.25, -0.2) is 0 Å². The van der Waals surface area contributed by atoms with Gasteiger partial charge in [0.2, 0.25) is 0 Å². The van der Waals surface area contributed by atoms with Gasteiger partial charge in [-0.15, -0.1) is 12.4 Å². The third kappa shape index (κ3) is 1.79. The lowest BCUT2D eigenvalue weighted by Crippen LogP contribution is -2.37. The van der Waals surface area contributed by atoms with E-state index in [1.807, 2.05) is 43.3 Å². The van der Waals surface area contributed by atoms with E-state index >= 15 is 0 Å². The first-order chi connectivity index (χ1) is 8.69. The minimum atomic E-state index is -0.956. The number of nitrogens with two attached hydrogens (primary N) is 1. The molecule has 0 amide bonds. The van der Waals surface area contributed by atoms with Crippen molar-refractivity contribution in [3.63, 3.8) is 0 Å². The quantitative estimate of drug-likeness (QED) is 0.885. The maximum atomic E-state index is 11.2. The van der Waals surface area contributed by atoms with Gasteiger partial charge in [0.1, 0.15) is 5.60 Å². The molecular weight excluding hydrogens is 258 g/mol. The lowest BCUT2D eigenvalue weighted by atomic mass is 9.80. The van der Waals surface area contributed by atoms with Crippen LogP contribution < -0.4 is 5.73 Å². The molecule has 19 heavy (non-hydrogen) atoms. The third-order valence-corrected chi connectivity index (χ3v) is 4.03. The molecule has 3 rings (SSSR count). The van der Waals surface area contributed by atoms with E-state index in [1.165, 1.54) is 0 Å². The van der Waals surface area contributed by atoms with Crippen molar-refractivity contribution in [2.24, 2.45) is 11.7 Å². The van der Waals surface area contributed by atoms with Gasteiger partial charge >= 0.3 is 0 Å². The zero-order chi connectivity index (χ0) is 12.8. The van der Waals surface area contributed by atoms with E-state index in [1.54, 1.807) is 0 Å². The summed E-state index contributed by atoms with van der Waals surface area (Å²) in [6, 6.07) is 16.1. The Kier molecular flexibility index (Phi) is 3.68. The lowest BCUT2D eigenvalue weighted by molar-refractivity contribution is 0.0321. The van der Waals surface area contributed by atoms with Gasteiger partial charge in [-0.2, -0.15) is 0 Å². The largest absolute Gasteiger partial charge is 0.380 e. The second-order valence-electron chi connectivity index (χ2n) is 4.99. The Morgan fingerprint density at radius 1 is 1.00 bits per heavy atom. The van der Waals surface area contributed by atoms with Gasteiger partial charge in [-0.1, -0.05) is 55.5 Å². The zero-order valence-electron chi connectivity index (χ0n) is 10.8. The van der Waals surface area contributed by atoms with Crippen LogP contribution in [0.1, 0.15) is 18.1 Å². The molecule has 3 heteroatoms. The minimum Gasteiger partial charge on any atom is -0.380 e. The van der Waals surface area contributed by atoms with Crippen LogP contribution >= 0.6 is 12.4 Å². The van der Waals surface area contributed by atoms with Crippen molar-refractivity contribution < 1.29 is 5.11 Å². The Bertz CT molecular complexity index is 551. The molecule has 1 aliphatic carbocycles. The van der Waals surface area contributed by atoms with Gasteiger partial charge in [-0.3, -0.25) is 0 Å². The van der Waals surface area contributed by atoms with Crippen LogP contribution in [-0.4, -0.2) is 11.7 Å². The molecule has 0 fully saturated rings. The number of aliphatic hydroxyl groups is 1. The SMILES string of the molecule is CC(CN)C1(O)c2ccccc2-c2ccccc21.Cl. The monoisotopic (exact) mass is 275 g/mol. The van der Waals surface area contributed by atoms with Crippen LogP contribution in [0, 0.1) is 5.92 Å². The second kappa shape index (κ2) is 4.97. The summed E-state index contributed by atoms with van der Waals surface area (Å²) in [5.74, 6) is -0.0118. The molecule has 0 heterocycles. The highest BCUT2D eigenvalue weighted by molar-refractivity contribution is 5.85. The summed E-state index contributed by atoms with van der Waals surface area (Å²) in [4.78, 5) is 0. The second-order valence-corrected chi connectivity index (χ2v) is 4.99. The van der Waals surface area contributed by atoms with Gasteiger partial charge < -0.3 is 10.8 Å². The van der Waals surface area contributed by atoms with Crippen LogP contribution in [0.5, 0.6) is 0 Å². The van der Waals surface area contributed by atoms with Crippen LogP contribution in [0.4, 0.5) is 0 Å². The molecule has 0 aliphatic heterocycles. The van der Waals surface area contributed by atoms with E-state index in [0.717, 1.165) is 22.3 Å². The molecule has 1 unspecified atom stereocenters. The Balaban J connectivity index is 0.00000133. The van der Waals surface area contributed by atoms with Crippen LogP contribution in [0.25, 0.3) is 11.1 Å². The Morgan fingerprint density at radius 2 is 1.42 bits per heavy atom. The van der Waals surface area contributed by atoms with E-state index in [-0.39, 0.29) is 18.3 Å². The summed E-state index contributed by atoms with van der Waals surface area (Å²) < 4.78 is 0. The zero-order valence-corrected chi connectivity index (χ0v) is 11.7. The van der Waals surface area contributed by atoms with Crippen LogP contribution in [0.15, 0.2) is 48.5 Å². The number of halogens is 1. The summed E-state index contributed by atoms with van der Waals surface area (Å²) in [6.45, 7) is 2.46. The smallest absolute Gasteiger partial charge is 0.120 e. The van der Waals surface area contributed by atoms with Crippen LogP contribution in [-0.2, 0) is 5.60 Å². The van der Waals surface area contributed by atoms with E-state index in [0.29, 0.717) is 6.54 Å². The standard InChI is InChI=1S/C16H17NO.ClH/c1-11(10-17)16(18)14-8-4-2-6-12(14)13-7-3-5-9-15(13)16;/h2-9,11,18H,10,17H2,1H3;1H. The van der Waals surface area contributed by atoms with Gasteiger partial charge in [0.25, 0.3) is 0 Å². The number of rotatable bonds is 2. The first-order valence-electron chi connectivity index (χ1n) is 6.31. The van der Waals surface area contributed by atoms with Crippen molar-refractivity contribution >= 4 is 12.4 Å². The first-order valence-corrected chi connectivity index (χ1v) is 6.31. The maximum Gasteiger partial charge on any atom is 0.120 e. The normalized spacial score (nSPS) is 16.2. The molecule has 0 saturated carbocycles. The topological polar surface area (TPSA) is 46.2 Å². The first kappa shape index (κ1) is 14.1. The molecule has 2 nitrogen and oxygen atoms in total. The predicted molar refractivity (Wildman–Crippen MR) is 80.3 cm³/mol. The Hall–Kier alpha value is -1.35. The molecule has 2 aromatic carbocycles. The fourth-order valence-corrected chi connectivity index (χ4v) is 2.95. The number of fused-ring (bicyclic) bond motifs is 3. The van der Waals surface area contributed by atoms with E-state index < -0.39 is 5.60 Å². The highest BCUT2D eigenvalue weighted by Crippen LogP contribution is 2.50. The fourth-order valence-electron chi connectivity index (χ4n) is 2.95. The molecule has 3 N–H and O–H groups in total. The molecule has 2 aromatic rings. The van der Waals surface area contributed by atoms with Gasteiger partial charge in [-0.05, 0) is 28.8 Å². The van der Waals surface area contributed by atoms with Crippen molar-refractivity contribution in [2.45, 2.75) is 12.5 Å². The summed E-state index contributed by atoms with van der Waals surface area (Å²) in [7, 11) is 0. The van der Waals surface area contributed by atoms with Gasteiger partial charge in [0.15, 0.2) is 0 Å². The molecule has 0 saturated heterocycles. The van der Waals surface area contributed by atoms with Crippen molar-refractivity contribution in [3.8, 4) is 11.1 Å². The lowest BCUT2D eigenvalue weighted by Gasteiger charge is -2.31. The number of hydrogen-bond acceptors (Lipinski definition) is 2.